The van der Waals surface area contributed by atoms with Gasteiger partial charge >= 0.3 is 5.97 Å². The molecule has 158 valence electrons. The summed E-state index contributed by atoms with van der Waals surface area (Å²) in [4.78, 5) is 11.8. The predicted molar refractivity (Wildman–Crippen MR) is 116 cm³/mol. The lowest BCUT2D eigenvalue weighted by atomic mass is 10.0. The van der Waals surface area contributed by atoms with Gasteiger partial charge in [0.2, 0.25) is 0 Å². The molecule has 2 rings (SSSR count). The fourth-order valence-electron chi connectivity index (χ4n) is 3.79. The van der Waals surface area contributed by atoms with Gasteiger partial charge in [-0.05, 0) is 31.4 Å². The molecule has 1 aromatic carbocycles. The maximum absolute atomic E-state index is 11.8. The highest BCUT2D eigenvalue weighted by Gasteiger charge is 2.36. The number of rotatable bonds is 17. The van der Waals surface area contributed by atoms with Crippen molar-refractivity contribution in [2.24, 2.45) is 0 Å². The first-order valence-electron chi connectivity index (χ1n) is 11.7. The van der Waals surface area contributed by atoms with E-state index >= 15 is 0 Å². The molecule has 0 amide bonds. The van der Waals surface area contributed by atoms with E-state index in [0.717, 1.165) is 12.8 Å². The molecule has 1 aliphatic heterocycles. The van der Waals surface area contributed by atoms with Crippen molar-refractivity contribution in [1.29, 1.82) is 0 Å². The second-order valence-corrected chi connectivity index (χ2v) is 8.18. The molecule has 1 fully saturated rings. The van der Waals surface area contributed by atoms with Crippen LogP contribution < -0.4 is 0 Å². The van der Waals surface area contributed by atoms with Crippen molar-refractivity contribution in [2.75, 3.05) is 6.61 Å². The number of hydrogen-bond donors (Lipinski definition) is 0. The Kier molecular flexibility index (Phi) is 12.0. The smallest absolute Gasteiger partial charge is 0.338 e. The van der Waals surface area contributed by atoms with E-state index in [9.17, 15) is 4.79 Å². The summed E-state index contributed by atoms with van der Waals surface area (Å²) in [5.41, 5.74) is 0.639. The Labute approximate surface area is 172 Å². The Hall–Kier alpha value is -1.35. The van der Waals surface area contributed by atoms with Crippen LogP contribution in [0.4, 0.5) is 0 Å². The molecule has 1 heterocycles. The number of ether oxygens (including phenoxy) is 2. The first kappa shape index (κ1) is 22.9. The Balaban J connectivity index is 1.31. The zero-order chi connectivity index (χ0) is 19.9. The maximum atomic E-state index is 11.8. The monoisotopic (exact) mass is 388 g/mol. The van der Waals surface area contributed by atoms with Gasteiger partial charge in [-0.25, -0.2) is 4.79 Å². The van der Waals surface area contributed by atoms with E-state index in [1.54, 1.807) is 12.1 Å². The van der Waals surface area contributed by atoms with Crippen LogP contribution in [0.1, 0.15) is 107 Å². The Morgan fingerprint density at radius 1 is 0.786 bits per heavy atom. The van der Waals surface area contributed by atoms with Gasteiger partial charge in [-0.1, -0.05) is 95.8 Å². The molecule has 0 bridgehead atoms. The molecule has 28 heavy (non-hydrogen) atoms. The van der Waals surface area contributed by atoms with Gasteiger partial charge in [-0.15, -0.1) is 0 Å². The molecule has 3 nitrogen and oxygen atoms in total. The quantitative estimate of drug-likeness (QED) is 0.162. The molecule has 0 aliphatic carbocycles. The molecule has 1 saturated heterocycles. The molecule has 0 radical (unpaired) electrons. The highest BCUT2D eigenvalue weighted by atomic mass is 16.6. The Morgan fingerprint density at radius 3 is 1.93 bits per heavy atom. The van der Waals surface area contributed by atoms with Crippen LogP contribution in [0.2, 0.25) is 0 Å². The molecule has 2 unspecified atom stereocenters. The van der Waals surface area contributed by atoms with Crippen LogP contribution in [0.25, 0.3) is 0 Å². The van der Waals surface area contributed by atoms with Gasteiger partial charge in [0.05, 0.1) is 24.4 Å². The molecule has 0 spiro atoms. The Morgan fingerprint density at radius 2 is 1.32 bits per heavy atom. The van der Waals surface area contributed by atoms with E-state index in [1.807, 2.05) is 18.2 Å². The van der Waals surface area contributed by atoms with E-state index in [1.165, 1.54) is 77.0 Å². The van der Waals surface area contributed by atoms with Crippen molar-refractivity contribution in [3.05, 3.63) is 35.9 Å². The topological polar surface area (TPSA) is 38.8 Å². The van der Waals surface area contributed by atoms with E-state index in [4.69, 9.17) is 9.47 Å². The largest absolute Gasteiger partial charge is 0.462 e. The zero-order valence-electron chi connectivity index (χ0n) is 17.9. The molecular weight excluding hydrogens is 348 g/mol. The van der Waals surface area contributed by atoms with Crippen molar-refractivity contribution >= 4 is 5.97 Å². The van der Waals surface area contributed by atoms with Crippen LogP contribution in [0, 0.1) is 0 Å². The molecule has 1 aliphatic rings. The van der Waals surface area contributed by atoms with Crippen LogP contribution in [-0.2, 0) is 9.47 Å². The highest BCUT2D eigenvalue weighted by Crippen LogP contribution is 2.31. The van der Waals surface area contributed by atoms with Crippen LogP contribution in [0.3, 0.4) is 0 Å². The van der Waals surface area contributed by atoms with Gasteiger partial charge in [0.1, 0.15) is 0 Å². The minimum absolute atomic E-state index is 0.208. The predicted octanol–water partition coefficient (Wildman–Crippen LogP) is 7.09. The fourth-order valence-corrected chi connectivity index (χ4v) is 3.79. The first-order chi connectivity index (χ1) is 13.8. The summed E-state index contributed by atoms with van der Waals surface area (Å²) in [6.45, 7) is 2.80. The van der Waals surface area contributed by atoms with Crippen molar-refractivity contribution in [1.82, 2.24) is 0 Å². The third-order valence-corrected chi connectivity index (χ3v) is 5.66. The molecule has 0 aromatic heterocycles. The van der Waals surface area contributed by atoms with Gasteiger partial charge in [0, 0.05) is 0 Å². The number of esters is 1. The molecule has 2 atom stereocenters. The first-order valence-corrected chi connectivity index (χ1v) is 11.7. The van der Waals surface area contributed by atoms with Crippen molar-refractivity contribution in [3.63, 3.8) is 0 Å². The summed E-state index contributed by atoms with van der Waals surface area (Å²) < 4.78 is 11.1. The Bertz CT molecular complexity index is 514. The van der Waals surface area contributed by atoms with Gasteiger partial charge < -0.3 is 9.47 Å². The lowest BCUT2D eigenvalue weighted by molar-refractivity contribution is 0.0497. The van der Waals surface area contributed by atoms with Crippen LogP contribution >= 0.6 is 0 Å². The van der Waals surface area contributed by atoms with E-state index in [2.05, 4.69) is 6.92 Å². The van der Waals surface area contributed by atoms with Crippen LogP contribution in [0.5, 0.6) is 0 Å². The number of unbranched alkanes of at least 4 members (excludes halogenated alkanes) is 10. The summed E-state index contributed by atoms with van der Waals surface area (Å²) in [6, 6.07) is 9.22. The minimum atomic E-state index is -0.208. The number of hydrogen-bond acceptors (Lipinski definition) is 3. The van der Waals surface area contributed by atoms with Crippen LogP contribution in [-0.4, -0.2) is 24.8 Å². The van der Waals surface area contributed by atoms with Gasteiger partial charge in [0.25, 0.3) is 0 Å². The number of carbonyl (C=O) groups is 1. The summed E-state index contributed by atoms with van der Waals surface area (Å²) in [6.07, 6.45) is 19.1. The van der Waals surface area contributed by atoms with Crippen molar-refractivity contribution in [2.45, 2.75) is 109 Å². The minimum Gasteiger partial charge on any atom is -0.462 e. The second-order valence-electron chi connectivity index (χ2n) is 8.18. The highest BCUT2D eigenvalue weighted by molar-refractivity contribution is 5.89. The SMILES string of the molecule is CCCCCCCCC1OC1CCCCCCCCOC(=O)c1ccccc1. The van der Waals surface area contributed by atoms with E-state index in [-0.39, 0.29) is 5.97 Å². The maximum Gasteiger partial charge on any atom is 0.338 e. The lowest BCUT2D eigenvalue weighted by Gasteiger charge is -2.05. The summed E-state index contributed by atoms with van der Waals surface area (Å²) >= 11 is 0. The summed E-state index contributed by atoms with van der Waals surface area (Å²) in [5.74, 6) is -0.208. The van der Waals surface area contributed by atoms with E-state index < -0.39 is 0 Å². The van der Waals surface area contributed by atoms with Gasteiger partial charge in [-0.2, -0.15) is 0 Å². The van der Waals surface area contributed by atoms with Crippen molar-refractivity contribution in [3.8, 4) is 0 Å². The average Bonchev–Trinajstić information content (AvgIpc) is 3.48. The molecule has 3 heteroatoms. The molecule has 1 aromatic rings. The van der Waals surface area contributed by atoms with E-state index in [0.29, 0.717) is 24.4 Å². The molecule has 0 saturated carbocycles. The average molecular weight is 389 g/mol. The normalized spacial score (nSPS) is 18.2. The van der Waals surface area contributed by atoms with Gasteiger partial charge in [-0.3, -0.25) is 0 Å². The molecular formula is C25H40O3. The van der Waals surface area contributed by atoms with Gasteiger partial charge in [0.15, 0.2) is 0 Å². The summed E-state index contributed by atoms with van der Waals surface area (Å²) in [5, 5.41) is 0. The number of benzene rings is 1. The van der Waals surface area contributed by atoms with Crippen LogP contribution in [0.15, 0.2) is 30.3 Å². The third kappa shape index (κ3) is 10.3. The number of epoxide rings is 1. The lowest BCUT2D eigenvalue weighted by Crippen LogP contribution is -2.06. The standard InChI is InChI=1S/C25H40O3/c1-2-3-4-5-8-14-19-23-24(28-23)20-15-9-6-7-10-16-21-27-25(26)22-17-12-11-13-18-22/h11-13,17-18,23-24H,2-10,14-16,19-21H2,1H3. The molecule has 0 N–H and O–H groups in total. The second kappa shape index (κ2) is 14.6. The third-order valence-electron chi connectivity index (χ3n) is 5.66. The summed E-state index contributed by atoms with van der Waals surface area (Å²) in [7, 11) is 0. The van der Waals surface area contributed by atoms with Crippen molar-refractivity contribution < 1.29 is 14.3 Å². The number of carbonyl (C=O) groups excluding carboxylic acids is 1. The fraction of sp³-hybridized carbons (Fsp3) is 0.720. The zero-order valence-corrected chi connectivity index (χ0v) is 17.9.